The summed E-state index contributed by atoms with van der Waals surface area (Å²) >= 11 is 0. The first-order valence-corrected chi connectivity index (χ1v) is 6.22. The summed E-state index contributed by atoms with van der Waals surface area (Å²) in [5, 5.41) is 0. The minimum Gasteiger partial charge on any atom is -0.0654 e. The summed E-state index contributed by atoms with van der Waals surface area (Å²) in [4.78, 5) is 0. The van der Waals surface area contributed by atoms with E-state index >= 15 is 0 Å². The molecule has 0 aromatic carbocycles. The van der Waals surface area contributed by atoms with Crippen molar-refractivity contribution in [3.8, 4) is 0 Å². The van der Waals surface area contributed by atoms with Gasteiger partial charge in [0.05, 0.1) is 0 Å². The molecule has 0 aromatic rings. The molecule has 0 spiro atoms. The summed E-state index contributed by atoms with van der Waals surface area (Å²) in [6.07, 6.45) is 11.7. The van der Waals surface area contributed by atoms with Crippen LogP contribution in [0.5, 0.6) is 0 Å². The molecule has 1 atom stereocenters. The Hall–Kier alpha value is 0. The first-order valence-electron chi connectivity index (χ1n) is 6.22. The van der Waals surface area contributed by atoms with Gasteiger partial charge in [-0.2, -0.15) is 0 Å². The molecule has 0 heterocycles. The van der Waals surface area contributed by atoms with E-state index in [0.29, 0.717) is 0 Å². The summed E-state index contributed by atoms with van der Waals surface area (Å²) < 4.78 is 0. The van der Waals surface area contributed by atoms with Gasteiger partial charge in [-0.25, -0.2) is 0 Å². The highest BCUT2D eigenvalue weighted by Crippen LogP contribution is 2.46. The third kappa shape index (κ3) is 3.00. The van der Waals surface area contributed by atoms with Crippen LogP contribution in [-0.2, 0) is 0 Å². The van der Waals surface area contributed by atoms with Crippen LogP contribution in [0.1, 0.15) is 72.1 Å². The van der Waals surface area contributed by atoms with Crippen molar-refractivity contribution in [3.05, 3.63) is 0 Å². The van der Waals surface area contributed by atoms with Crippen LogP contribution in [0, 0.1) is 11.3 Å². The Morgan fingerprint density at radius 1 is 1.15 bits per heavy atom. The van der Waals surface area contributed by atoms with Gasteiger partial charge in [0.25, 0.3) is 0 Å². The molecular formula is C13H26. The maximum Gasteiger partial charge on any atom is -0.0298 e. The van der Waals surface area contributed by atoms with Crippen LogP contribution in [-0.4, -0.2) is 0 Å². The third-order valence-electron chi connectivity index (χ3n) is 3.98. The Morgan fingerprint density at radius 2 is 1.77 bits per heavy atom. The van der Waals surface area contributed by atoms with Gasteiger partial charge in [-0.05, 0) is 30.6 Å². The van der Waals surface area contributed by atoms with Crippen molar-refractivity contribution in [2.75, 3.05) is 0 Å². The zero-order valence-electron chi connectivity index (χ0n) is 9.73. The molecule has 0 aliphatic heterocycles. The fraction of sp³-hybridized carbons (Fsp3) is 1.00. The molecule has 1 aliphatic rings. The fourth-order valence-electron chi connectivity index (χ4n) is 3.16. The van der Waals surface area contributed by atoms with E-state index in [1.807, 2.05) is 0 Å². The van der Waals surface area contributed by atoms with Gasteiger partial charge in [0.2, 0.25) is 0 Å². The SMILES string of the molecule is CCCC(C)CC1(CC)CCCC1. The van der Waals surface area contributed by atoms with Gasteiger partial charge in [0.1, 0.15) is 0 Å². The standard InChI is InChI=1S/C13H26/c1-4-8-12(3)11-13(5-2)9-6-7-10-13/h12H,4-11H2,1-3H3. The lowest BCUT2D eigenvalue weighted by Crippen LogP contribution is -2.18. The number of hydrogen-bond acceptors (Lipinski definition) is 0. The van der Waals surface area contributed by atoms with E-state index in [0.717, 1.165) is 11.3 Å². The lowest BCUT2D eigenvalue weighted by molar-refractivity contribution is 0.211. The average molecular weight is 182 g/mol. The van der Waals surface area contributed by atoms with E-state index in [2.05, 4.69) is 20.8 Å². The summed E-state index contributed by atoms with van der Waals surface area (Å²) in [6.45, 7) is 7.15. The maximum atomic E-state index is 2.44. The molecule has 0 nitrogen and oxygen atoms in total. The van der Waals surface area contributed by atoms with E-state index in [4.69, 9.17) is 0 Å². The first-order chi connectivity index (χ1) is 6.22. The second-order valence-electron chi connectivity index (χ2n) is 5.16. The highest BCUT2D eigenvalue weighted by molar-refractivity contribution is 4.84. The van der Waals surface area contributed by atoms with Crippen LogP contribution in [0.3, 0.4) is 0 Å². The largest absolute Gasteiger partial charge is 0.0654 e. The summed E-state index contributed by atoms with van der Waals surface area (Å²) in [6, 6.07) is 0. The topological polar surface area (TPSA) is 0 Å². The quantitative estimate of drug-likeness (QED) is 0.574. The van der Waals surface area contributed by atoms with Crippen molar-refractivity contribution in [1.82, 2.24) is 0 Å². The average Bonchev–Trinajstić information content (AvgIpc) is 2.54. The van der Waals surface area contributed by atoms with Crippen LogP contribution in [0.15, 0.2) is 0 Å². The molecule has 1 unspecified atom stereocenters. The van der Waals surface area contributed by atoms with Crippen molar-refractivity contribution in [2.45, 2.75) is 72.1 Å². The van der Waals surface area contributed by atoms with Gasteiger partial charge < -0.3 is 0 Å². The molecule has 78 valence electrons. The van der Waals surface area contributed by atoms with Crippen molar-refractivity contribution in [1.29, 1.82) is 0 Å². The molecule has 13 heavy (non-hydrogen) atoms. The molecule has 1 aliphatic carbocycles. The minimum absolute atomic E-state index is 0.759. The van der Waals surface area contributed by atoms with Gasteiger partial charge >= 0.3 is 0 Å². The monoisotopic (exact) mass is 182 g/mol. The van der Waals surface area contributed by atoms with Gasteiger partial charge in [0, 0.05) is 0 Å². The van der Waals surface area contributed by atoms with Gasteiger partial charge in [0.15, 0.2) is 0 Å². The zero-order chi connectivity index (χ0) is 9.73. The van der Waals surface area contributed by atoms with Gasteiger partial charge in [-0.15, -0.1) is 0 Å². The number of rotatable bonds is 5. The van der Waals surface area contributed by atoms with Crippen LogP contribution in [0.4, 0.5) is 0 Å². The minimum atomic E-state index is 0.759. The highest BCUT2D eigenvalue weighted by Gasteiger charge is 2.32. The van der Waals surface area contributed by atoms with Gasteiger partial charge in [-0.3, -0.25) is 0 Å². The normalized spacial score (nSPS) is 23.3. The second kappa shape index (κ2) is 5.02. The Balaban J connectivity index is 2.38. The van der Waals surface area contributed by atoms with E-state index < -0.39 is 0 Å². The molecule has 0 bridgehead atoms. The van der Waals surface area contributed by atoms with Crippen molar-refractivity contribution < 1.29 is 0 Å². The Bertz CT molecular complexity index is 131. The second-order valence-corrected chi connectivity index (χ2v) is 5.16. The third-order valence-corrected chi connectivity index (χ3v) is 3.98. The molecule has 0 radical (unpaired) electrons. The Kier molecular flexibility index (Phi) is 4.28. The molecule has 0 saturated heterocycles. The maximum absolute atomic E-state index is 2.44. The van der Waals surface area contributed by atoms with E-state index in [1.54, 1.807) is 0 Å². The summed E-state index contributed by atoms with van der Waals surface area (Å²) in [7, 11) is 0. The molecule has 0 amide bonds. The van der Waals surface area contributed by atoms with E-state index in [-0.39, 0.29) is 0 Å². The van der Waals surface area contributed by atoms with E-state index in [1.165, 1.54) is 51.4 Å². The molecule has 0 N–H and O–H groups in total. The lowest BCUT2D eigenvalue weighted by Gasteiger charge is -2.30. The smallest absolute Gasteiger partial charge is 0.0298 e. The zero-order valence-corrected chi connectivity index (χ0v) is 9.73. The molecule has 0 heteroatoms. The molecule has 1 fully saturated rings. The fourth-order valence-corrected chi connectivity index (χ4v) is 3.16. The Morgan fingerprint density at radius 3 is 2.23 bits per heavy atom. The van der Waals surface area contributed by atoms with Crippen LogP contribution < -0.4 is 0 Å². The summed E-state index contributed by atoms with van der Waals surface area (Å²) in [5.74, 6) is 0.961. The molecule has 1 saturated carbocycles. The predicted molar refractivity (Wildman–Crippen MR) is 59.9 cm³/mol. The van der Waals surface area contributed by atoms with Crippen molar-refractivity contribution in [3.63, 3.8) is 0 Å². The molecule has 1 rings (SSSR count). The van der Waals surface area contributed by atoms with Crippen LogP contribution in [0.25, 0.3) is 0 Å². The van der Waals surface area contributed by atoms with Crippen LogP contribution in [0.2, 0.25) is 0 Å². The molecular weight excluding hydrogens is 156 g/mol. The Labute approximate surface area is 84.1 Å². The first kappa shape index (κ1) is 11.1. The number of hydrogen-bond donors (Lipinski definition) is 0. The molecule has 0 aromatic heterocycles. The van der Waals surface area contributed by atoms with Crippen molar-refractivity contribution >= 4 is 0 Å². The van der Waals surface area contributed by atoms with Crippen LogP contribution >= 0.6 is 0 Å². The van der Waals surface area contributed by atoms with Crippen molar-refractivity contribution in [2.24, 2.45) is 11.3 Å². The highest BCUT2D eigenvalue weighted by atomic mass is 14.4. The summed E-state index contributed by atoms with van der Waals surface area (Å²) in [5.41, 5.74) is 0.759. The van der Waals surface area contributed by atoms with Gasteiger partial charge in [-0.1, -0.05) is 52.9 Å². The van der Waals surface area contributed by atoms with E-state index in [9.17, 15) is 0 Å². The predicted octanol–water partition coefficient (Wildman–Crippen LogP) is 4.78. The lowest BCUT2D eigenvalue weighted by atomic mass is 9.75.